The minimum Gasteiger partial charge on any atom is -0.507 e. The molecule has 0 spiro atoms. The minimum atomic E-state index is -3.90. The Morgan fingerprint density at radius 2 is 0.726 bits per heavy atom. The number of hydrogen-bond acceptors (Lipinski definition) is 10. The van der Waals surface area contributed by atoms with Gasteiger partial charge >= 0.3 is 0 Å². The molecule has 0 fully saturated rings. The van der Waals surface area contributed by atoms with Gasteiger partial charge in [0.2, 0.25) is 20.0 Å². The van der Waals surface area contributed by atoms with E-state index in [2.05, 4.69) is 9.44 Å². The van der Waals surface area contributed by atoms with Gasteiger partial charge in [0.1, 0.15) is 34.5 Å². The molecule has 0 aliphatic carbocycles. The number of aromatic hydroxyl groups is 2. The fraction of sp³-hybridized carbons (Fsp3) is 0.250. The molecule has 0 radical (unpaired) electrons. The molecule has 0 aliphatic heterocycles. The van der Waals surface area contributed by atoms with E-state index in [1.54, 1.807) is 60.7 Å². The molecule has 6 aromatic carbocycles. The Balaban J connectivity index is 0.000000234. The highest BCUT2D eigenvalue weighted by Crippen LogP contribution is 2.43. The van der Waals surface area contributed by atoms with Gasteiger partial charge in [-0.3, -0.25) is 0 Å². The van der Waals surface area contributed by atoms with Crippen molar-refractivity contribution in [3.05, 3.63) is 165 Å². The Hall–Kier alpha value is -6.06. The number of benzene rings is 6. The van der Waals surface area contributed by atoms with E-state index in [-0.39, 0.29) is 21.3 Å². The summed E-state index contributed by atoms with van der Waals surface area (Å²) in [5, 5.41) is 21.6. The molecule has 0 aromatic heterocycles. The summed E-state index contributed by atoms with van der Waals surface area (Å²) in [7, 11) is -1.92. The average molecular weight is 883 g/mol. The molecule has 12 nitrogen and oxygen atoms in total. The van der Waals surface area contributed by atoms with Crippen molar-refractivity contribution in [2.75, 3.05) is 28.4 Å². The molecular formula is C48H54N2O10S2. The fourth-order valence-electron chi connectivity index (χ4n) is 7.15. The third-order valence-corrected chi connectivity index (χ3v) is 12.9. The van der Waals surface area contributed by atoms with Gasteiger partial charge in [-0.05, 0) is 76.9 Å². The predicted molar refractivity (Wildman–Crippen MR) is 241 cm³/mol. The highest BCUT2D eigenvalue weighted by molar-refractivity contribution is 7.89. The Morgan fingerprint density at radius 3 is 1.00 bits per heavy atom. The molecule has 0 saturated carbocycles. The maximum Gasteiger partial charge on any atom is 0.241 e. The van der Waals surface area contributed by atoms with E-state index in [0.29, 0.717) is 45.3 Å². The second-order valence-electron chi connectivity index (χ2n) is 15.1. The van der Waals surface area contributed by atoms with Crippen molar-refractivity contribution in [1.29, 1.82) is 0 Å². The average Bonchev–Trinajstić information content (AvgIpc) is 3.21. The molecule has 6 aromatic rings. The van der Waals surface area contributed by atoms with Crippen LogP contribution in [0.2, 0.25) is 0 Å². The summed E-state index contributed by atoms with van der Waals surface area (Å²) in [5.74, 6) is 1.16. The van der Waals surface area contributed by atoms with E-state index >= 15 is 0 Å². The quantitative estimate of drug-likeness (QED) is 0.0830. The first-order valence-electron chi connectivity index (χ1n) is 19.5. The Morgan fingerprint density at radius 1 is 0.419 bits per heavy atom. The molecule has 0 heterocycles. The van der Waals surface area contributed by atoms with E-state index in [9.17, 15) is 27.0 Å². The summed E-state index contributed by atoms with van der Waals surface area (Å²) in [5.41, 5.74) is 7.80. The van der Waals surface area contributed by atoms with E-state index in [1.165, 1.54) is 40.6 Å². The van der Waals surface area contributed by atoms with E-state index in [1.807, 2.05) is 77.9 Å². The van der Waals surface area contributed by atoms with Crippen LogP contribution >= 0.6 is 0 Å². The van der Waals surface area contributed by atoms with Crippen LogP contribution in [0.15, 0.2) is 119 Å². The van der Waals surface area contributed by atoms with Gasteiger partial charge < -0.3 is 29.2 Å². The first-order valence-corrected chi connectivity index (χ1v) is 22.5. The molecule has 4 N–H and O–H groups in total. The topological polar surface area (TPSA) is 170 Å². The monoisotopic (exact) mass is 882 g/mol. The summed E-state index contributed by atoms with van der Waals surface area (Å²) in [6.07, 6.45) is 0. The maximum absolute atomic E-state index is 13.2. The van der Waals surface area contributed by atoms with Crippen LogP contribution in [0.1, 0.15) is 67.7 Å². The van der Waals surface area contributed by atoms with Gasteiger partial charge in [-0.2, -0.15) is 9.44 Å². The molecule has 0 saturated heterocycles. The number of methoxy groups -OCH3 is 4. The molecule has 0 bridgehead atoms. The first kappa shape index (κ1) is 47.0. The zero-order valence-electron chi connectivity index (χ0n) is 36.5. The summed E-state index contributed by atoms with van der Waals surface area (Å²) >= 11 is 0. The van der Waals surface area contributed by atoms with Gasteiger partial charge in [-0.25, -0.2) is 16.8 Å². The first-order chi connectivity index (χ1) is 29.3. The van der Waals surface area contributed by atoms with Crippen LogP contribution in [0, 0.1) is 41.5 Å². The van der Waals surface area contributed by atoms with Crippen molar-refractivity contribution in [3.8, 4) is 34.5 Å². The SMILES string of the molecule is COc1cc(O)c([C@H](NS(=O)(=O)c2ccc(C)cc2)c2cc(C)cc(C)c2)c(OC)c1.COc1cc(O)c([C@H](NS(=O)(=O)c2ccc(C)cc2)c2cc(C)cc(C)c2)c(OC)c1. The lowest BCUT2D eigenvalue weighted by atomic mass is 9.95. The zero-order chi connectivity index (χ0) is 45.5. The standard InChI is InChI=1S/2C24H27NO5S/c2*1-15-6-8-20(9-7-15)31(27,28)25-24(18-11-16(2)10-17(3)12-18)23-21(26)13-19(29-4)14-22(23)30-5/h2*6-14,24-26H,1-5H3/t2*24-/m11/s1. The summed E-state index contributed by atoms with van der Waals surface area (Å²) in [6.45, 7) is 11.5. The molecular weight excluding hydrogens is 829 g/mol. The molecule has 0 amide bonds. The molecule has 0 unspecified atom stereocenters. The number of hydrogen-bond donors (Lipinski definition) is 4. The summed E-state index contributed by atoms with van der Waals surface area (Å²) < 4.78 is 79.9. The molecule has 0 aliphatic rings. The van der Waals surface area contributed by atoms with Crippen molar-refractivity contribution in [2.45, 2.75) is 63.4 Å². The number of nitrogens with one attached hydrogen (secondary N) is 2. The van der Waals surface area contributed by atoms with Crippen LogP contribution in [0.3, 0.4) is 0 Å². The largest absolute Gasteiger partial charge is 0.507 e. The summed E-state index contributed by atoms with van der Waals surface area (Å²) in [6, 6.07) is 29.1. The smallest absolute Gasteiger partial charge is 0.241 e. The van der Waals surface area contributed by atoms with Gasteiger partial charge in [-0.1, -0.05) is 94.0 Å². The van der Waals surface area contributed by atoms with Crippen molar-refractivity contribution >= 4 is 20.0 Å². The van der Waals surface area contributed by atoms with Gasteiger partial charge in [-0.15, -0.1) is 0 Å². The van der Waals surface area contributed by atoms with E-state index < -0.39 is 32.1 Å². The highest BCUT2D eigenvalue weighted by Gasteiger charge is 2.31. The Bertz CT molecular complexity index is 2520. The lowest BCUT2D eigenvalue weighted by Crippen LogP contribution is -2.30. The fourth-order valence-corrected chi connectivity index (χ4v) is 9.54. The van der Waals surface area contributed by atoms with Crippen LogP contribution in [0.5, 0.6) is 34.5 Å². The van der Waals surface area contributed by atoms with Gasteiger partial charge in [0, 0.05) is 24.3 Å². The second-order valence-corrected chi connectivity index (χ2v) is 18.5. The summed E-state index contributed by atoms with van der Waals surface area (Å²) in [4.78, 5) is 0.277. The van der Waals surface area contributed by atoms with Crippen LogP contribution in [0.25, 0.3) is 0 Å². The Kier molecular flexibility index (Phi) is 15.0. The van der Waals surface area contributed by atoms with E-state index in [0.717, 1.165) is 33.4 Å². The van der Waals surface area contributed by atoms with Crippen molar-refractivity contribution in [3.63, 3.8) is 0 Å². The zero-order valence-corrected chi connectivity index (χ0v) is 38.2. The van der Waals surface area contributed by atoms with Crippen LogP contribution in [0.4, 0.5) is 0 Å². The number of aryl methyl sites for hydroxylation is 6. The maximum atomic E-state index is 13.2. The third-order valence-electron chi connectivity index (χ3n) is 10.0. The molecule has 328 valence electrons. The second kappa shape index (κ2) is 19.8. The van der Waals surface area contributed by atoms with Crippen LogP contribution < -0.4 is 28.4 Å². The van der Waals surface area contributed by atoms with E-state index in [4.69, 9.17) is 18.9 Å². The molecule has 62 heavy (non-hydrogen) atoms. The number of rotatable bonds is 14. The lowest BCUT2D eigenvalue weighted by molar-refractivity contribution is 0.375. The third kappa shape index (κ3) is 11.2. The van der Waals surface area contributed by atoms with Crippen molar-refractivity contribution in [1.82, 2.24) is 9.44 Å². The van der Waals surface area contributed by atoms with Crippen molar-refractivity contribution in [2.24, 2.45) is 0 Å². The number of sulfonamides is 2. The number of phenolic OH excluding ortho intramolecular Hbond substituents is 2. The van der Waals surface area contributed by atoms with Crippen molar-refractivity contribution < 1.29 is 46.0 Å². The number of ether oxygens (including phenoxy) is 4. The van der Waals surface area contributed by atoms with Gasteiger partial charge in [0.15, 0.2) is 0 Å². The van der Waals surface area contributed by atoms with Crippen LogP contribution in [-0.2, 0) is 20.0 Å². The molecule has 14 heteroatoms. The predicted octanol–water partition coefficient (Wildman–Crippen LogP) is 8.81. The molecule has 6 rings (SSSR count). The normalized spacial score (nSPS) is 12.4. The van der Waals surface area contributed by atoms with Gasteiger partial charge in [0.25, 0.3) is 0 Å². The highest BCUT2D eigenvalue weighted by atomic mass is 32.2. The Labute approximate surface area is 365 Å². The van der Waals surface area contributed by atoms with Crippen LogP contribution in [-0.4, -0.2) is 55.5 Å². The number of phenols is 2. The lowest BCUT2D eigenvalue weighted by Gasteiger charge is -2.24. The van der Waals surface area contributed by atoms with Gasteiger partial charge in [0.05, 0.1) is 61.4 Å². The molecule has 2 atom stereocenters. The minimum absolute atomic E-state index is 0.132.